The minimum atomic E-state index is 0.771. The van der Waals surface area contributed by atoms with Crippen LogP contribution < -0.4 is 0 Å². The van der Waals surface area contributed by atoms with E-state index in [1.54, 1.807) is 11.0 Å². The summed E-state index contributed by atoms with van der Waals surface area (Å²) in [6.07, 6.45) is 3.19. The molecule has 1 fully saturated rings. The molecular formula is C16H17N5O2. The number of hydrogen-bond donors (Lipinski definition) is 0. The number of rotatable bonds is 4. The molecule has 0 N–H and O–H groups in total. The van der Waals surface area contributed by atoms with Gasteiger partial charge in [0.05, 0.1) is 25.4 Å². The third kappa shape index (κ3) is 3.15. The first-order valence-electron chi connectivity index (χ1n) is 7.60. The quantitative estimate of drug-likeness (QED) is 0.731. The van der Waals surface area contributed by atoms with Crippen LogP contribution in [0.4, 0.5) is 0 Å². The largest absolute Gasteiger partial charge is 0.379 e. The van der Waals surface area contributed by atoms with E-state index in [9.17, 15) is 0 Å². The zero-order valence-electron chi connectivity index (χ0n) is 12.6. The molecule has 0 saturated carbocycles. The Morgan fingerprint density at radius 2 is 1.91 bits per heavy atom. The van der Waals surface area contributed by atoms with E-state index in [0.29, 0.717) is 0 Å². The number of morpholine rings is 1. The van der Waals surface area contributed by atoms with Crippen LogP contribution in [0.25, 0.3) is 16.9 Å². The molecule has 1 aliphatic rings. The second kappa shape index (κ2) is 6.31. The molecule has 3 aromatic rings. The van der Waals surface area contributed by atoms with E-state index in [2.05, 4.69) is 20.1 Å². The molecule has 23 heavy (non-hydrogen) atoms. The molecule has 1 saturated heterocycles. The predicted octanol–water partition coefficient (Wildman–Crippen LogP) is 1.75. The first-order chi connectivity index (χ1) is 11.4. The van der Waals surface area contributed by atoms with Crippen molar-refractivity contribution in [3.8, 4) is 16.9 Å². The van der Waals surface area contributed by atoms with Gasteiger partial charge in [-0.15, -0.1) is 0 Å². The summed E-state index contributed by atoms with van der Waals surface area (Å²) in [7, 11) is 0. The maximum atomic E-state index is 5.46. The summed E-state index contributed by atoms with van der Waals surface area (Å²) in [5, 5.41) is 8.29. The maximum Gasteiger partial charge on any atom is 0.151 e. The zero-order valence-corrected chi connectivity index (χ0v) is 12.6. The summed E-state index contributed by atoms with van der Waals surface area (Å²) in [5.41, 5.74) is 2.83. The van der Waals surface area contributed by atoms with Gasteiger partial charge in [0.1, 0.15) is 18.3 Å². The summed E-state index contributed by atoms with van der Waals surface area (Å²) in [5.74, 6) is 0.877. The van der Waals surface area contributed by atoms with Crippen molar-refractivity contribution >= 4 is 0 Å². The molecule has 7 heteroatoms. The minimum absolute atomic E-state index is 0.771. The number of benzene rings is 1. The predicted molar refractivity (Wildman–Crippen MR) is 83.0 cm³/mol. The van der Waals surface area contributed by atoms with Crippen molar-refractivity contribution < 1.29 is 9.26 Å². The van der Waals surface area contributed by atoms with E-state index >= 15 is 0 Å². The molecule has 4 rings (SSSR count). The molecule has 1 aliphatic heterocycles. The highest BCUT2D eigenvalue weighted by Crippen LogP contribution is 2.21. The normalized spacial score (nSPS) is 15.8. The summed E-state index contributed by atoms with van der Waals surface area (Å²) >= 11 is 0. The van der Waals surface area contributed by atoms with E-state index in [4.69, 9.17) is 9.26 Å². The topological polar surface area (TPSA) is 69.2 Å². The highest BCUT2D eigenvalue weighted by molar-refractivity contribution is 5.60. The lowest BCUT2D eigenvalue weighted by Crippen LogP contribution is -2.35. The second-order valence-corrected chi connectivity index (χ2v) is 5.45. The molecule has 0 unspecified atom stereocenters. The molecule has 7 nitrogen and oxygen atoms in total. The van der Waals surface area contributed by atoms with E-state index in [1.165, 1.54) is 6.33 Å². The van der Waals surface area contributed by atoms with Crippen molar-refractivity contribution in [3.63, 3.8) is 0 Å². The van der Waals surface area contributed by atoms with Gasteiger partial charge in [-0.2, -0.15) is 5.10 Å². The SMILES string of the molecule is c1ncn(-c2ccc(-c3cc(CN4CCOCC4)on3)cc2)n1. The summed E-state index contributed by atoms with van der Waals surface area (Å²) in [6.45, 7) is 4.20. The molecule has 0 aliphatic carbocycles. The molecule has 3 heterocycles. The van der Waals surface area contributed by atoms with E-state index in [1.807, 2.05) is 30.3 Å². The molecular weight excluding hydrogens is 294 g/mol. The van der Waals surface area contributed by atoms with Crippen LogP contribution in [-0.4, -0.2) is 51.1 Å². The molecule has 0 bridgehead atoms. The highest BCUT2D eigenvalue weighted by atomic mass is 16.5. The highest BCUT2D eigenvalue weighted by Gasteiger charge is 2.14. The smallest absolute Gasteiger partial charge is 0.151 e. The van der Waals surface area contributed by atoms with E-state index in [-0.39, 0.29) is 0 Å². The van der Waals surface area contributed by atoms with Crippen molar-refractivity contribution in [2.24, 2.45) is 0 Å². The van der Waals surface area contributed by atoms with Gasteiger partial charge in [0.25, 0.3) is 0 Å². The van der Waals surface area contributed by atoms with Crippen molar-refractivity contribution in [3.05, 3.63) is 48.7 Å². The van der Waals surface area contributed by atoms with Gasteiger partial charge in [-0.1, -0.05) is 17.3 Å². The van der Waals surface area contributed by atoms with Crippen molar-refractivity contribution in [2.45, 2.75) is 6.54 Å². The Labute approximate surface area is 133 Å². The molecule has 0 atom stereocenters. The minimum Gasteiger partial charge on any atom is -0.379 e. The van der Waals surface area contributed by atoms with Crippen LogP contribution in [0.1, 0.15) is 5.76 Å². The Balaban J connectivity index is 1.47. The van der Waals surface area contributed by atoms with Gasteiger partial charge in [0.2, 0.25) is 0 Å². The number of aromatic nitrogens is 4. The summed E-state index contributed by atoms with van der Waals surface area (Å²) in [4.78, 5) is 6.26. The zero-order chi connectivity index (χ0) is 15.5. The first-order valence-corrected chi connectivity index (χ1v) is 7.60. The van der Waals surface area contributed by atoms with Gasteiger partial charge in [-0.05, 0) is 12.1 Å². The lowest BCUT2D eigenvalue weighted by molar-refractivity contribution is 0.0305. The Kier molecular flexibility index (Phi) is 3.87. The van der Waals surface area contributed by atoms with Crippen LogP contribution >= 0.6 is 0 Å². The van der Waals surface area contributed by atoms with Crippen molar-refractivity contribution in [2.75, 3.05) is 26.3 Å². The number of nitrogens with zero attached hydrogens (tertiary/aromatic N) is 5. The van der Waals surface area contributed by atoms with Gasteiger partial charge in [-0.25, -0.2) is 9.67 Å². The number of ether oxygens (including phenoxy) is 1. The second-order valence-electron chi connectivity index (χ2n) is 5.45. The third-order valence-electron chi connectivity index (χ3n) is 3.89. The monoisotopic (exact) mass is 311 g/mol. The lowest BCUT2D eigenvalue weighted by atomic mass is 10.1. The molecule has 118 valence electrons. The molecule has 1 aromatic carbocycles. The Hall–Kier alpha value is -2.51. The molecule has 2 aromatic heterocycles. The van der Waals surface area contributed by atoms with Crippen LogP contribution in [0.2, 0.25) is 0 Å². The maximum absolute atomic E-state index is 5.46. The van der Waals surface area contributed by atoms with Gasteiger partial charge in [0.15, 0.2) is 5.76 Å². The van der Waals surface area contributed by atoms with Crippen LogP contribution in [0.5, 0.6) is 0 Å². The van der Waals surface area contributed by atoms with Crippen LogP contribution in [-0.2, 0) is 11.3 Å². The first kappa shape index (κ1) is 14.1. The van der Waals surface area contributed by atoms with Crippen LogP contribution in [0, 0.1) is 0 Å². The van der Waals surface area contributed by atoms with Gasteiger partial charge in [-0.3, -0.25) is 4.90 Å². The average molecular weight is 311 g/mol. The Bertz CT molecular complexity index is 745. The Morgan fingerprint density at radius 1 is 1.09 bits per heavy atom. The Morgan fingerprint density at radius 3 is 2.65 bits per heavy atom. The molecule has 0 radical (unpaired) electrons. The standard InChI is InChI=1S/C16H17N5O2/c1-3-14(21-12-17-11-18-21)4-2-13(1)16-9-15(23-19-16)10-20-5-7-22-8-6-20/h1-4,9,11-12H,5-8,10H2. The van der Waals surface area contributed by atoms with Crippen LogP contribution in [0.3, 0.4) is 0 Å². The fraction of sp³-hybridized carbons (Fsp3) is 0.312. The summed E-state index contributed by atoms with van der Waals surface area (Å²) < 4.78 is 12.5. The van der Waals surface area contributed by atoms with Crippen LogP contribution in [0.15, 0.2) is 47.5 Å². The van der Waals surface area contributed by atoms with Gasteiger partial charge < -0.3 is 9.26 Å². The van der Waals surface area contributed by atoms with E-state index < -0.39 is 0 Å². The third-order valence-corrected chi connectivity index (χ3v) is 3.89. The van der Waals surface area contributed by atoms with E-state index in [0.717, 1.165) is 55.6 Å². The van der Waals surface area contributed by atoms with Crippen molar-refractivity contribution in [1.29, 1.82) is 0 Å². The van der Waals surface area contributed by atoms with Gasteiger partial charge >= 0.3 is 0 Å². The summed E-state index contributed by atoms with van der Waals surface area (Å²) in [6, 6.07) is 9.99. The van der Waals surface area contributed by atoms with Crippen molar-refractivity contribution in [1.82, 2.24) is 24.8 Å². The lowest BCUT2D eigenvalue weighted by Gasteiger charge is -2.25. The molecule has 0 spiro atoms. The van der Waals surface area contributed by atoms with Gasteiger partial charge in [0, 0.05) is 24.7 Å². The fourth-order valence-electron chi connectivity index (χ4n) is 2.63. The average Bonchev–Trinajstić information content (AvgIpc) is 3.28. The fourth-order valence-corrected chi connectivity index (χ4v) is 2.63. The number of hydrogen-bond acceptors (Lipinski definition) is 6. The molecule has 0 amide bonds.